The molecule has 0 aromatic heterocycles. The van der Waals surface area contributed by atoms with E-state index in [0.717, 1.165) is 6.07 Å². The number of nitro benzene ring substituents is 1. The molecule has 1 amide bonds. The van der Waals surface area contributed by atoms with E-state index < -0.39 is 16.6 Å². The number of amides is 1. The van der Waals surface area contributed by atoms with Gasteiger partial charge in [-0.15, -0.1) is 0 Å². The molecular weight excluding hydrogens is 305 g/mol. The van der Waals surface area contributed by atoms with Crippen molar-refractivity contribution in [3.05, 3.63) is 57.9 Å². The molecule has 0 spiro atoms. The number of carbonyl (C=O) groups excluding carboxylic acids is 1. The lowest BCUT2D eigenvalue weighted by Crippen LogP contribution is -2.17. The van der Waals surface area contributed by atoms with E-state index >= 15 is 0 Å². The fourth-order valence-electron chi connectivity index (χ4n) is 1.98. The van der Waals surface area contributed by atoms with Crippen LogP contribution in [0.2, 0.25) is 0 Å². The average Bonchev–Trinajstić information content (AvgIpc) is 2.53. The summed E-state index contributed by atoms with van der Waals surface area (Å²) in [5.74, 6) is -0.708. The molecule has 23 heavy (non-hydrogen) atoms. The molecule has 2 N–H and O–H groups in total. The quantitative estimate of drug-likeness (QED) is 0.653. The molecule has 2 aromatic carbocycles. The van der Waals surface area contributed by atoms with Gasteiger partial charge in [0, 0.05) is 36.5 Å². The highest BCUT2D eigenvalue weighted by atomic mass is 19.1. The molecule has 0 unspecified atom stereocenters. The first-order valence-electron chi connectivity index (χ1n) is 6.56. The predicted molar refractivity (Wildman–Crippen MR) is 82.7 cm³/mol. The molecule has 0 aliphatic rings. The van der Waals surface area contributed by atoms with Crippen molar-refractivity contribution < 1.29 is 18.8 Å². The van der Waals surface area contributed by atoms with Gasteiger partial charge in [-0.1, -0.05) is 0 Å². The Morgan fingerprint density at radius 3 is 2.61 bits per heavy atom. The van der Waals surface area contributed by atoms with E-state index in [9.17, 15) is 19.3 Å². The smallest absolute Gasteiger partial charge is 0.293 e. The summed E-state index contributed by atoms with van der Waals surface area (Å²) >= 11 is 0. The maximum Gasteiger partial charge on any atom is 0.293 e. The molecule has 0 radical (unpaired) electrons. The normalized spacial score (nSPS) is 10.0. The van der Waals surface area contributed by atoms with Crippen molar-refractivity contribution in [1.82, 2.24) is 5.32 Å². The van der Waals surface area contributed by atoms with E-state index in [2.05, 4.69) is 10.6 Å². The maximum absolute atomic E-state index is 13.5. The Kier molecular flexibility index (Phi) is 4.75. The first kappa shape index (κ1) is 16.2. The van der Waals surface area contributed by atoms with Gasteiger partial charge in [0.25, 0.3) is 11.6 Å². The highest BCUT2D eigenvalue weighted by molar-refractivity contribution is 5.95. The van der Waals surface area contributed by atoms with Gasteiger partial charge < -0.3 is 15.4 Å². The van der Waals surface area contributed by atoms with Crippen molar-refractivity contribution in [3.8, 4) is 5.75 Å². The van der Waals surface area contributed by atoms with Gasteiger partial charge >= 0.3 is 0 Å². The summed E-state index contributed by atoms with van der Waals surface area (Å²) in [6.45, 7) is 0. The molecular formula is C15H14FN3O4. The number of nitrogens with zero attached hydrogens (tertiary/aromatic N) is 1. The van der Waals surface area contributed by atoms with Crippen LogP contribution in [-0.4, -0.2) is 25.0 Å². The third-order valence-electron chi connectivity index (χ3n) is 3.07. The summed E-state index contributed by atoms with van der Waals surface area (Å²) in [6.07, 6.45) is 0. The van der Waals surface area contributed by atoms with E-state index in [-0.39, 0.29) is 28.4 Å². The second kappa shape index (κ2) is 6.73. The zero-order valence-electron chi connectivity index (χ0n) is 12.4. The SMILES string of the molecule is CNC(=O)c1ccc(Nc2cc(F)cc(OC)c2)c([N+](=O)[O-])c1. The zero-order chi connectivity index (χ0) is 17.0. The molecule has 0 saturated carbocycles. The monoisotopic (exact) mass is 319 g/mol. The average molecular weight is 319 g/mol. The molecule has 2 aromatic rings. The van der Waals surface area contributed by atoms with E-state index in [4.69, 9.17) is 4.74 Å². The van der Waals surface area contributed by atoms with Crippen LogP contribution in [0.3, 0.4) is 0 Å². The summed E-state index contributed by atoms with van der Waals surface area (Å²) in [7, 11) is 2.82. The minimum Gasteiger partial charge on any atom is -0.497 e. The molecule has 0 saturated heterocycles. The molecule has 0 bridgehead atoms. The van der Waals surface area contributed by atoms with Crippen LogP contribution in [0.4, 0.5) is 21.5 Å². The number of hydrogen-bond acceptors (Lipinski definition) is 5. The molecule has 0 aliphatic heterocycles. The highest BCUT2D eigenvalue weighted by Gasteiger charge is 2.17. The number of ether oxygens (including phenoxy) is 1. The summed E-state index contributed by atoms with van der Waals surface area (Å²) < 4.78 is 18.4. The number of methoxy groups -OCH3 is 1. The number of rotatable bonds is 5. The Morgan fingerprint density at radius 2 is 2.00 bits per heavy atom. The minimum atomic E-state index is -0.620. The highest BCUT2D eigenvalue weighted by Crippen LogP contribution is 2.30. The van der Waals surface area contributed by atoms with Crippen molar-refractivity contribution in [2.45, 2.75) is 0 Å². The maximum atomic E-state index is 13.5. The van der Waals surface area contributed by atoms with E-state index in [1.165, 1.54) is 44.5 Å². The van der Waals surface area contributed by atoms with Gasteiger partial charge in [0.05, 0.1) is 12.0 Å². The van der Waals surface area contributed by atoms with Crippen LogP contribution in [0.25, 0.3) is 0 Å². The van der Waals surface area contributed by atoms with Crippen molar-refractivity contribution >= 4 is 23.0 Å². The molecule has 8 heteroatoms. The van der Waals surface area contributed by atoms with E-state index in [0.29, 0.717) is 0 Å². The standard InChI is InChI=1S/C15H14FN3O4/c1-17-15(20)9-3-4-13(14(5-9)19(21)22)18-11-6-10(16)7-12(8-11)23-2/h3-8,18H,1-2H3,(H,17,20). The van der Waals surface area contributed by atoms with Crippen molar-refractivity contribution in [2.24, 2.45) is 0 Å². The lowest BCUT2D eigenvalue weighted by molar-refractivity contribution is -0.383. The number of hydrogen-bond donors (Lipinski definition) is 2. The second-order valence-electron chi connectivity index (χ2n) is 4.57. The Hall–Kier alpha value is -3.16. The lowest BCUT2D eigenvalue weighted by Gasteiger charge is -2.10. The second-order valence-corrected chi connectivity index (χ2v) is 4.57. The van der Waals surface area contributed by atoms with Crippen LogP contribution < -0.4 is 15.4 Å². The van der Waals surface area contributed by atoms with Gasteiger partial charge in [0.1, 0.15) is 17.3 Å². The largest absolute Gasteiger partial charge is 0.497 e. The first-order valence-corrected chi connectivity index (χ1v) is 6.56. The summed E-state index contributed by atoms with van der Waals surface area (Å²) in [5.41, 5.74) is 0.281. The zero-order valence-corrected chi connectivity index (χ0v) is 12.4. The van der Waals surface area contributed by atoms with Crippen molar-refractivity contribution in [2.75, 3.05) is 19.5 Å². The molecule has 120 valence electrons. The first-order chi connectivity index (χ1) is 10.9. The Labute approximate surface area is 131 Å². The van der Waals surface area contributed by atoms with Crippen molar-refractivity contribution in [1.29, 1.82) is 0 Å². The molecule has 0 fully saturated rings. The summed E-state index contributed by atoms with van der Waals surface area (Å²) in [4.78, 5) is 22.1. The molecule has 0 aliphatic carbocycles. The van der Waals surface area contributed by atoms with Gasteiger partial charge in [-0.3, -0.25) is 14.9 Å². The van der Waals surface area contributed by atoms with Crippen LogP contribution in [0.5, 0.6) is 5.75 Å². The topological polar surface area (TPSA) is 93.5 Å². The van der Waals surface area contributed by atoms with Gasteiger partial charge in [-0.25, -0.2) is 4.39 Å². The van der Waals surface area contributed by atoms with Crippen molar-refractivity contribution in [3.63, 3.8) is 0 Å². The third kappa shape index (κ3) is 3.73. The fraction of sp³-hybridized carbons (Fsp3) is 0.133. The van der Waals surface area contributed by atoms with Gasteiger partial charge in [-0.05, 0) is 18.2 Å². The van der Waals surface area contributed by atoms with Crippen LogP contribution in [-0.2, 0) is 0 Å². The predicted octanol–water partition coefficient (Wildman–Crippen LogP) is 2.85. The molecule has 0 atom stereocenters. The minimum absolute atomic E-state index is 0.135. The number of nitro groups is 1. The number of halogens is 1. The van der Waals surface area contributed by atoms with E-state index in [1.807, 2.05) is 0 Å². The third-order valence-corrected chi connectivity index (χ3v) is 3.07. The van der Waals surface area contributed by atoms with Gasteiger partial charge in [0.2, 0.25) is 0 Å². The fourth-order valence-corrected chi connectivity index (χ4v) is 1.98. The van der Waals surface area contributed by atoms with Crippen LogP contribution in [0.1, 0.15) is 10.4 Å². The summed E-state index contributed by atoms with van der Waals surface area (Å²) in [6, 6.07) is 7.84. The summed E-state index contributed by atoms with van der Waals surface area (Å²) in [5, 5.41) is 16.4. The van der Waals surface area contributed by atoms with Gasteiger partial charge in [-0.2, -0.15) is 0 Å². The molecule has 7 nitrogen and oxygen atoms in total. The van der Waals surface area contributed by atoms with Crippen LogP contribution in [0, 0.1) is 15.9 Å². The lowest BCUT2D eigenvalue weighted by atomic mass is 10.1. The molecule has 2 rings (SSSR count). The number of nitrogens with one attached hydrogen (secondary N) is 2. The Morgan fingerprint density at radius 1 is 1.26 bits per heavy atom. The number of benzene rings is 2. The Bertz CT molecular complexity index is 764. The number of carbonyl (C=O) groups is 1. The molecule has 0 heterocycles. The van der Waals surface area contributed by atoms with Crippen LogP contribution >= 0.6 is 0 Å². The number of anilines is 2. The van der Waals surface area contributed by atoms with E-state index in [1.54, 1.807) is 0 Å². The Balaban J connectivity index is 2.41. The van der Waals surface area contributed by atoms with Crippen LogP contribution in [0.15, 0.2) is 36.4 Å². The van der Waals surface area contributed by atoms with Gasteiger partial charge in [0.15, 0.2) is 0 Å².